The highest BCUT2D eigenvalue weighted by atomic mass is 32.2. The molecular formula is C14H27N3O2S2. The number of hydrogen-bond donors (Lipinski definition) is 2. The summed E-state index contributed by atoms with van der Waals surface area (Å²) in [6, 6.07) is 1.67. The highest BCUT2D eigenvalue weighted by molar-refractivity contribution is 7.89. The number of rotatable bonds is 9. The van der Waals surface area contributed by atoms with Gasteiger partial charge in [-0.1, -0.05) is 13.8 Å². The summed E-state index contributed by atoms with van der Waals surface area (Å²) in [6.45, 7) is 5.59. The molecule has 0 radical (unpaired) electrons. The molecule has 1 rings (SSSR count). The molecule has 1 heterocycles. The lowest BCUT2D eigenvalue weighted by atomic mass is 10.0. The van der Waals surface area contributed by atoms with E-state index in [0.29, 0.717) is 23.9 Å². The Hall–Kier alpha value is -0.470. The Morgan fingerprint density at radius 1 is 1.33 bits per heavy atom. The maximum Gasteiger partial charge on any atom is 0.241 e. The van der Waals surface area contributed by atoms with Gasteiger partial charge in [-0.15, -0.1) is 11.3 Å². The third-order valence-corrected chi connectivity index (χ3v) is 5.54. The molecule has 122 valence electrons. The van der Waals surface area contributed by atoms with Crippen molar-refractivity contribution < 1.29 is 8.42 Å². The van der Waals surface area contributed by atoms with Crippen LogP contribution < -0.4 is 10.0 Å². The Bertz CT molecular complexity index is 514. The van der Waals surface area contributed by atoms with Crippen molar-refractivity contribution in [3.8, 4) is 0 Å². The van der Waals surface area contributed by atoms with E-state index in [1.54, 1.807) is 11.4 Å². The number of nitrogens with one attached hydrogen (secondary N) is 2. The summed E-state index contributed by atoms with van der Waals surface area (Å²) in [4.78, 5) is 3.39. The maximum atomic E-state index is 12.5. The molecule has 0 aromatic carbocycles. The van der Waals surface area contributed by atoms with E-state index in [9.17, 15) is 8.42 Å². The van der Waals surface area contributed by atoms with Crippen LogP contribution in [0, 0.1) is 5.92 Å². The minimum atomic E-state index is -3.44. The molecule has 0 aliphatic rings. The van der Waals surface area contributed by atoms with Gasteiger partial charge in [0.15, 0.2) is 0 Å². The zero-order chi connectivity index (χ0) is 16.0. The highest BCUT2D eigenvalue weighted by Gasteiger charge is 2.22. The molecule has 1 atom stereocenters. The van der Waals surface area contributed by atoms with Crippen molar-refractivity contribution in [3.63, 3.8) is 0 Å². The molecule has 0 spiro atoms. The van der Waals surface area contributed by atoms with Crippen LogP contribution in [0.2, 0.25) is 0 Å². The van der Waals surface area contributed by atoms with Crippen LogP contribution in [0.3, 0.4) is 0 Å². The number of likely N-dealkylation sites (N-methyl/N-ethyl adjacent to an activating group) is 1. The molecule has 5 nitrogen and oxygen atoms in total. The molecule has 7 heteroatoms. The van der Waals surface area contributed by atoms with Crippen LogP contribution in [0.25, 0.3) is 0 Å². The van der Waals surface area contributed by atoms with Crippen LogP contribution in [-0.4, -0.2) is 47.0 Å². The zero-order valence-corrected chi connectivity index (χ0v) is 15.1. The normalized spacial score (nSPS) is 14.0. The number of thiophene rings is 1. The first-order valence-corrected chi connectivity index (χ1v) is 9.50. The Kier molecular flexibility index (Phi) is 7.29. The Morgan fingerprint density at radius 3 is 2.52 bits per heavy atom. The number of nitrogens with zero attached hydrogens (tertiary/aromatic N) is 1. The van der Waals surface area contributed by atoms with E-state index >= 15 is 0 Å². The fourth-order valence-electron chi connectivity index (χ4n) is 2.23. The third-order valence-electron chi connectivity index (χ3n) is 2.95. The minimum absolute atomic E-state index is 0.0716. The van der Waals surface area contributed by atoms with E-state index in [1.165, 1.54) is 11.3 Å². The van der Waals surface area contributed by atoms with Gasteiger partial charge in [0.2, 0.25) is 10.0 Å². The third kappa shape index (κ3) is 6.44. The Morgan fingerprint density at radius 2 is 2.00 bits per heavy atom. The molecule has 0 saturated heterocycles. The van der Waals surface area contributed by atoms with Crippen LogP contribution >= 0.6 is 11.3 Å². The fourth-order valence-corrected chi connectivity index (χ4v) is 4.75. The van der Waals surface area contributed by atoms with Crippen LogP contribution in [0.1, 0.15) is 25.1 Å². The summed E-state index contributed by atoms with van der Waals surface area (Å²) in [5.74, 6) is 0.444. The van der Waals surface area contributed by atoms with E-state index in [0.717, 1.165) is 11.3 Å². The molecule has 2 N–H and O–H groups in total. The predicted molar refractivity (Wildman–Crippen MR) is 89.2 cm³/mol. The standard InChI is InChI=1S/C14H27N3O2S2/c1-11(2)6-12(9-17(4)5)16-21(18,19)14-7-13(8-15-3)20-10-14/h7,10-12,15-16H,6,8-9H2,1-5H3. The molecule has 0 saturated carbocycles. The van der Waals surface area contributed by atoms with Gasteiger partial charge in [0.1, 0.15) is 0 Å². The summed E-state index contributed by atoms with van der Waals surface area (Å²) in [6.07, 6.45) is 0.824. The molecule has 0 fully saturated rings. The van der Waals surface area contributed by atoms with Gasteiger partial charge >= 0.3 is 0 Å². The number of sulfonamides is 1. The van der Waals surface area contributed by atoms with Crippen molar-refractivity contribution in [1.29, 1.82) is 0 Å². The Balaban J connectivity index is 2.83. The van der Waals surface area contributed by atoms with Gasteiger partial charge in [0.25, 0.3) is 0 Å². The van der Waals surface area contributed by atoms with Crippen LogP contribution in [0.5, 0.6) is 0 Å². The van der Waals surface area contributed by atoms with E-state index in [-0.39, 0.29) is 6.04 Å². The minimum Gasteiger partial charge on any atom is -0.315 e. The van der Waals surface area contributed by atoms with Gasteiger partial charge in [-0.2, -0.15) is 0 Å². The second-order valence-electron chi connectivity index (χ2n) is 5.99. The molecule has 0 bridgehead atoms. The highest BCUT2D eigenvalue weighted by Crippen LogP contribution is 2.20. The summed E-state index contributed by atoms with van der Waals surface area (Å²) < 4.78 is 27.8. The summed E-state index contributed by atoms with van der Waals surface area (Å²) in [5.41, 5.74) is 0. The summed E-state index contributed by atoms with van der Waals surface area (Å²) in [5, 5.41) is 4.74. The monoisotopic (exact) mass is 333 g/mol. The lowest BCUT2D eigenvalue weighted by Gasteiger charge is -2.23. The average molecular weight is 334 g/mol. The topological polar surface area (TPSA) is 61.4 Å². The number of hydrogen-bond acceptors (Lipinski definition) is 5. The lowest BCUT2D eigenvalue weighted by molar-refractivity contribution is 0.329. The van der Waals surface area contributed by atoms with Crippen molar-refractivity contribution in [1.82, 2.24) is 14.9 Å². The van der Waals surface area contributed by atoms with E-state index in [4.69, 9.17) is 0 Å². The van der Waals surface area contributed by atoms with E-state index in [1.807, 2.05) is 26.0 Å². The molecule has 21 heavy (non-hydrogen) atoms. The molecule has 0 aliphatic heterocycles. The first-order valence-electron chi connectivity index (χ1n) is 7.13. The van der Waals surface area contributed by atoms with E-state index < -0.39 is 10.0 Å². The largest absolute Gasteiger partial charge is 0.315 e. The van der Waals surface area contributed by atoms with Crippen molar-refractivity contribution in [2.45, 2.75) is 37.8 Å². The average Bonchev–Trinajstić information content (AvgIpc) is 2.76. The van der Waals surface area contributed by atoms with Crippen molar-refractivity contribution in [2.24, 2.45) is 5.92 Å². The molecule has 0 amide bonds. The molecule has 0 aliphatic carbocycles. The van der Waals surface area contributed by atoms with Gasteiger partial charge in [0.05, 0.1) is 4.90 Å². The van der Waals surface area contributed by atoms with Gasteiger partial charge < -0.3 is 10.2 Å². The first kappa shape index (κ1) is 18.6. The Labute approximate surface area is 132 Å². The van der Waals surface area contributed by atoms with Crippen molar-refractivity contribution in [2.75, 3.05) is 27.7 Å². The van der Waals surface area contributed by atoms with Crippen molar-refractivity contribution >= 4 is 21.4 Å². The van der Waals surface area contributed by atoms with E-state index in [2.05, 4.69) is 23.9 Å². The zero-order valence-electron chi connectivity index (χ0n) is 13.5. The fraction of sp³-hybridized carbons (Fsp3) is 0.714. The van der Waals surface area contributed by atoms with Gasteiger partial charge in [-0.25, -0.2) is 13.1 Å². The lowest BCUT2D eigenvalue weighted by Crippen LogP contribution is -2.42. The van der Waals surface area contributed by atoms with Crippen LogP contribution in [-0.2, 0) is 16.6 Å². The molecular weight excluding hydrogens is 306 g/mol. The van der Waals surface area contributed by atoms with Gasteiger partial charge in [0, 0.05) is 29.4 Å². The van der Waals surface area contributed by atoms with Crippen LogP contribution in [0.15, 0.2) is 16.3 Å². The predicted octanol–water partition coefficient (Wildman–Crippen LogP) is 1.72. The van der Waals surface area contributed by atoms with Gasteiger partial charge in [-0.3, -0.25) is 0 Å². The molecule has 1 unspecified atom stereocenters. The van der Waals surface area contributed by atoms with Crippen molar-refractivity contribution in [3.05, 3.63) is 16.3 Å². The van der Waals surface area contributed by atoms with Crippen LogP contribution in [0.4, 0.5) is 0 Å². The first-order chi connectivity index (χ1) is 9.74. The maximum absolute atomic E-state index is 12.5. The molecule has 1 aromatic heterocycles. The van der Waals surface area contributed by atoms with Gasteiger partial charge in [-0.05, 0) is 39.5 Å². The summed E-state index contributed by atoms with van der Waals surface area (Å²) in [7, 11) is 2.32. The second-order valence-corrected chi connectivity index (χ2v) is 8.70. The summed E-state index contributed by atoms with van der Waals surface area (Å²) >= 11 is 1.46. The SMILES string of the molecule is CNCc1cc(S(=O)(=O)NC(CC(C)C)CN(C)C)cs1. The smallest absolute Gasteiger partial charge is 0.241 e. The quantitative estimate of drug-likeness (QED) is 0.722. The second kappa shape index (κ2) is 8.24. The molecule has 1 aromatic rings.